The van der Waals surface area contributed by atoms with Crippen molar-refractivity contribution in [2.75, 3.05) is 88.7 Å². The van der Waals surface area contributed by atoms with Gasteiger partial charge in [0, 0.05) is 78.6 Å². The average Bonchev–Trinajstić information content (AvgIpc) is 3.98. The Morgan fingerprint density at radius 1 is 0.914 bits per heavy atom. The fraction of sp³-hybridized carbons (Fsp3) is 0.580. The molecule has 376 valence electrons. The summed E-state index contributed by atoms with van der Waals surface area (Å²) in [6.45, 7) is 5.79. The summed E-state index contributed by atoms with van der Waals surface area (Å²) in [7, 11) is 5.15. The topological polar surface area (TPSA) is 173 Å². The van der Waals surface area contributed by atoms with Crippen molar-refractivity contribution >= 4 is 63.9 Å². The normalized spacial score (nSPS) is 21.5. The van der Waals surface area contributed by atoms with Crippen LogP contribution in [-0.2, 0) is 22.5 Å². The number of benzene rings is 1. The predicted octanol–water partition coefficient (Wildman–Crippen LogP) is 6.68. The molecule has 6 aliphatic rings. The molecule has 5 fully saturated rings. The number of aryl methyl sites for hydroxylation is 1. The molecule has 1 atom stereocenters. The number of aromatic nitrogens is 4. The van der Waals surface area contributed by atoms with E-state index in [9.17, 15) is 19.2 Å². The Labute approximate surface area is 412 Å². The Kier molecular flexibility index (Phi) is 14.9. The third-order valence-corrected chi connectivity index (χ3v) is 15.8. The van der Waals surface area contributed by atoms with Gasteiger partial charge >= 0.3 is 6.03 Å². The van der Waals surface area contributed by atoms with Gasteiger partial charge in [-0.1, -0.05) is 23.7 Å². The van der Waals surface area contributed by atoms with Crippen LogP contribution < -0.4 is 25.8 Å². The van der Waals surface area contributed by atoms with Gasteiger partial charge in [-0.3, -0.25) is 34.4 Å². The molecule has 10 rings (SSSR count). The van der Waals surface area contributed by atoms with Gasteiger partial charge < -0.3 is 25.2 Å². The molecule has 20 heteroatoms. The molecule has 17 nitrogen and oxygen atoms in total. The number of amides is 5. The summed E-state index contributed by atoms with van der Waals surface area (Å²) in [6.07, 6.45) is 11.9. The third kappa shape index (κ3) is 10.3. The molecule has 5 amide bonds. The molecule has 1 aliphatic carbocycles. The maximum absolute atomic E-state index is 16.1. The van der Waals surface area contributed by atoms with Crippen LogP contribution in [0.5, 0.6) is 0 Å². The number of nitrogens with one attached hydrogen (secondary N) is 3. The number of rotatable bonds is 11. The van der Waals surface area contributed by atoms with E-state index < -0.39 is 18.0 Å². The number of ether oxygens (including phenoxy) is 1. The number of halogens is 3. The van der Waals surface area contributed by atoms with Crippen molar-refractivity contribution in [3.05, 3.63) is 69.8 Å². The highest BCUT2D eigenvalue weighted by Crippen LogP contribution is 2.40. The minimum absolute atomic E-state index is 0.138. The monoisotopic (exact) mass is 986 g/mol. The number of fused-ring (bicyclic) bond motifs is 2. The van der Waals surface area contributed by atoms with Crippen LogP contribution in [0.2, 0.25) is 5.02 Å². The standard InChI is InChI=1S/C45H55ClF2N12O4.C5H10O/c1-27-40(46)35(59-20-13-39(61)53-44(59)64)22-33(52-27)43(63)57-17-9-29(10-18-57)21-28-7-15-56(16-8-28)37-12-14-55(26-45(37,47)48)25-30-5-4-6-34-31(30)11-19-58(34)38-23-32(49-2)41-51-24-36(42(62)50-3)60(41)54-38;1-6-5-3-2-4-5/h4-6,22-24,28-29,37,49H,7-21,25-26H2,1-3H3,(H,50,62)(H,53,61,64);5H,2-4H2,1H3. The second-order valence-electron chi connectivity index (χ2n) is 19.6. The second kappa shape index (κ2) is 21.1. The zero-order valence-electron chi connectivity index (χ0n) is 40.6. The maximum atomic E-state index is 16.1. The van der Waals surface area contributed by atoms with E-state index in [1.165, 1.54) is 30.4 Å². The molecule has 0 spiro atoms. The highest BCUT2D eigenvalue weighted by molar-refractivity contribution is 6.34. The number of imidazole rings is 1. The van der Waals surface area contributed by atoms with Crippen molar-refractivity contribution in [2.24, 2.45) is 11.8 Å². The van der Waals surface area contributed by atoms with Crippen LogP contribution in [0.1, 0.15) is 102 Å². The largest absolute Gasteiger partial charge is 0.385 e. The Morgan fingerprint density at radius 3 is 2.29 bits per heavy atom. The SMILES string of the molecule is CNC(=O)c1cnc2c(NC)cc(N3CCc4c(CN5CCC(N6CCC(CC7CCN(C(=O)c8cc(N9CCC(=O)NC9=O)c(Cl)c(C)n8)CC7)CC6)C(F)(F)C5)cccc43)nn12.COC1CCC1. The maximum Gasteiger partial charge on any atom is 0.328 e. The van der Waals surface area contributed by atoms with E-state index in [4.69, 9.17) is 21.4 Å². The van der Waals surface area contributed by atoms with Crippen LogP contribution in [0.4, 0.5) is 36.5 Å². The van der Waals surface area contributed by atoms with Crippen LogP contribution in [0.25, 0.3) is 5.65 Å². The molecule has 5 aliphatic heterocycles. The molecule has 0 radical (unpaired) electrons. The summed E-state index contributed by atoms with van der Waals surface area (Å²) >= 11 is 6.51. The molecule has 8 heterocycles. The number of urea groups is 1. The number of pyridine rings is 1. The zero-order chi connectivity index (χ0) is 49.3. The Morgan fingerprint density at radius 2 is 1.64 bits per heavy atom. The number of likely N-dealkylation sites (tertiary alicyclic amines) is 3. The molecular weight excluding hydrogens is 922 g/mol. The van der Waals surface area contributed by atoms with Gasteiger partial charge in [0.15, 0.2) is 17.2 Å². The number of carbonyl (C=O) groups excluding carboxylic acids is 4. The van der Waals surface area contributed by atoms with E-state index in [2.05, 4.69) is 30.8 Å². The summed E-state index contributed by atoms with van der Waals surface area (Å²) in [6, 6.07) is 8.18. The highest BCUT2D eigenvalue weighted by atomic mass is 35.5. The molecule has 4 aromatic rings. The Hall–Kier alpha value is -5.50. The van der Waals surface area contributed by atoms with Crippen LogP contribution >= 0.6 is 11.6 Å². The number of alkyl halides is 2. The smallest absolute Gasteiger partial charge is 0.328 e. The van der Waals surface area contributed by atoms with Gasteiger partial charge in [-0.2, -0.15) is 0 Å². The van der Waals surface area contributed by atoms with Gasteiger partial charge in [0.05, 0.1) is 47.0 Å². The van der Waals surface area contributed by atoms with E-state index >= 15 is 8.78 Å². The first kappa shape index (κ1) is 49.5. The van der Waals surface area contributed by atoms with E-state index in [0.29, 0.717) is 98.7 Å². The summed E-state index contributed by atoms with van der Waals surface area (Å²) in [5, 5.41) is 13.2. The first-order valence-electron chi connectivity index (χ1n) is 24.9. The van der Waals surface area contributed by atoms with Crippen LogP contribution in [0.3, 0.4) is 0 Å². The molecule has 1 unspecified atom stereocenters. The van der Waals surface area contributed by atoms with Crippen molar-refractivity contribution in [1.29, 1.82) is 0 Å². The molecule has 3 aromatic heterocycles. The fourth-order valence-electron chi connectivity index (χ4n) is 11.1. The first-order chi connectivity index (χ1) is 33.7. The van der Waals surface area contributed by atoms with Gasteiger partial charge in [-0.15, -0.1) is 5.10 Å². The Balaban J connectivity index is 0.000000943. The number of hydrogen-bond donors (Lipinski definition) is 3. The van der Waals surface area contributed by atoms with E-state index in [1.54, 1.807) is 43.6 Å². The van der Waals surface area contributed by atoms with E-state index in [-0.39, 0.29) is 47.9 Å². The summed E-state index contributed by atoms with van der Waals surface area (Å²) in [5.41, 5.74) is 5.78. The molecule has 1 aromatic carbocycles. The van der Waals surface area contributed by atoms with Crippen LogP contribution in [0, 0.1) is 18.8 Å². The van der Waals surface area contributed by atoms with Crippen LogP contribution in [0.15, 0.2) is 36.5 Å². The van der Waals surface area contributed by atoms with Crippen molar-refractivity contribution in [3.8, 4) is 0 Å². The van der Waals surface area contributed by atoms with Crippen molar-refractivity contribution in [1.82, 2.24) is 44.9 Å². The second-order valence-corrected chi connectivity index (χ2v) is 20.0. The summed E-state index contributed by atoms with van der Waals surface area (Å²) in [4.78, 5) is 68.5. The van der Waals surface area contributed by atoms with Crippen molar-refractivity contribution in [3.63, 3.8) is 0 Å². The zero-order valence-corrected chi connectivity index (χ0v) is 41.4. The van der Waals surface area contributed by atoms with Crippen LogP contribution in [-0.4, -0.2) is 150 Å². The number of anilines is 4. The van der Waals surface area contributed by atoms with Gasteiger partial charge in [0.25, 0.3) is 17.7 Å². The number of carbonyl (C=O) groups is 4. The van der Waals surface area contributed by atoms with E-state index in [1.807, 2.05) is 34.1 Å². The summed E-state index contributed by atoms with van der Waals surface area (Å²) in [5.74, 6) is -2.13. The lowest BCUT2D eigenvalue weighted by molar-refractivity contribution is -0.134. The lowest BCUT2D eigenvalue weighted by atomic mass is 9.82. The average molecular weight is 988 g/mol. The summed E-state index contributed by atoms with van der Waals surface area (Å²) < 4.78 is 38.8. The predicted molar refractivity (Wildman–Crippen MR) is 263 cm³/mol. The lowest BCUT2D eigenvalue weighted by Gasteiger charge is -2.46. The number of methoxy groups -OCH3 is 1. The molecular formula is C50H65ClF2N12O5. The van der Waals surface area contributed by atoms with Crippen molar-refractivity contribution < 1.29 is 32.7 Å². The van der Waals surface area contributed by atoms with Gasteiger partial charge in [0.1, 0.15) is 5.69 Å². The number of hydrogen-bond acceptors (Lipinski definition) is 12. The minimum atomic E-state index is -2.85. The molecule has 70 heavy (non-hydrogen) atoms. The Bertz CT molecular complexity index is 2590. The number of piperidine rings is 3. The van der Waals surface area contributed by atoms with Gasteiger partial charge in [-0.25, -0.2) is 28.1 Å². The number of nitrogens with zero attached hydrogens (tertiary/aromatic N) is 9. The lowest BCUT2D eigenvalue weighted by Crippen LogP contribution is -2.59. The van der Waals surface area contributed by atoms with Gasteiger partial charge in [0.2, 0.25) is 5.91 Å². The molecule has 0 bridgehead atoms. The highest BCUT2D eigenvalue weighted by Gasteiger charge is 2.48. The fourth-order valence-corrected chi connectivity index (χ4v) is 11.3. The first-order valence-corrected chi connectivity index (χ1v) is 25.2. The molecule has 1 saturated carbocycles. The quantitative estimate of drug-likeness (QED) is 0.146. The van der Waals surface area contributed by atoms with E-state index in [0.717, 1.165) is 61.0 Å². The third-order valence-electron chi connectivity index (χ3n) is 15.3. The van der Waals surface area contributed by atoms with Gasteiger partial charge in [-0.05, 0) is 119 Å². The molecule has 4 saturated heterocycles. The van der Waals surface area contributed by atoms with Crippen molar-refractivity contribution in [2.45, 2.75) is 102 Å². The minimum Gasteiger partial charge on any atom is -0.385 e. The number of imide groups is 1. The molecule has 3 N–H and O–H groups in total.